The van der Waals surface area contributed by atoms with Crippen LogP contribution in [0.4, 0.5) is 5.82 Å². The van der Waals surface area contributed by atoms with Crippen molar-refractivity contribution in [2.75, 3.05) is 5.32 Å². The average Bonchev–Trinajstić information content (AvgIpc) is 3.15. The summed E-state index contributed by atoms with van der Waals surface area (Å²) in [6, 6.07) is 6.40. The molecule has 0 saturated heterocycles. The quantitative estimate of drug-likeness (QED) is 0.774. The molecule has 4 rings (SSSR count). The van der Waals surface area contributed by atoms with Gasteiger partial charge in [0, 0.05) is 26.4 Å². The highest BCUT2D eigenvalue weighted by atomic mass is 16.5. The second kappa shape index (κ2) is 6.35. The minimum atomic E-state index is 0.270. The minimum Gasteiger partial charge on any atom is -0.490 e. The summed E-state index contributed by atoms with van der Waals surface area (Å²) >= 11 is 0. The lowest BCUT2D eigenvalue weighted by Gasteiger charge is -2.10. The van der Waals surface area contributed by atoms with Crippen LogP contribution in [0.5, 0.6) is 5.75 Å². The monoisotopic (exact) mass is 337 g/mol. The van der Waals surface area contributed by atoms with Gasteiger partial charge < -0.3 is 10.1 Å². The van der Waals surface area contributed by atoms with Crippen molar-refractivity contribution in [1.29, 1.82) is 0 Å². The van der Waals surface area contributed by atoms with Crippen molar-refractivity contribution in [3.63, 3.8) is 0 Å². The molecule has 2 aromatic heterocycles. The summed E-state index contributed by atoms with van der Waals surface area (Å²) in [5, 5.41) is 8.76. The third-order valence-corrected chi connectivity index (χ3v) is 4.53. The molecule has 0 bridgehead atoms. The van der Waals surface area contributed by atoms with Crippen LogP contribution in [0.2, 0.25) is 0 Å². The number of nitrogens with zero attached hydrogens (tertiary/aromatic N) is 4. The van der Waals surface area contributed by atoms with Gasteiger partial charge in [0.05, 0.1) is 11.6 Å². The second-order valence-corrected chi connectivity index (χ2v) is 6.67. The molecule has 3 aromatic rings. The fourth-order valence-corrected chi connectivity index (χ4v) is 3.31. The van der Waals surface area contributed by atoms with Crippen LogP contribution in [0.1, 0.15) is 37.2 Å². The predicted molar refractivity (Wildman–Crippen MR) is 97.9 cm³/mol. The molecule has 1 aliphatic rings. The molecule has 6 heteroatoms. The Balaban J connectivity index is 1.59. The van der Waals surface area contributed by atoms with Crippen molar-refractivity contribution in [2.24, 2.45) is 7.05 Å². The van der Waals surface area contributed by atoms with Crippen LogP contribution in [-0.4, -0.2) is 25.9 Å². The van der Waals surface area contributed by atoms with Gasteiger partial charge in [-0.1, -0.05) is 19.1 Å². The Morgan fingerprint density at radius 3 is 3.04 bits per heavy atom. The van der Waals surface area contributed by atoms with E-state index >= 15 is 0 Å². The Labute approximate surface area is 147 Å². The summed E-state index contributed by atoms with van der Waals surface area (Å²) in [5.41, 5.74) is 3.38. The smallest absolute Gasteiger partial charge is 0.163 e. The zero-order valence-corrected chi connectivity index (χ0v) is 14.9. The number of hydrogen-bond donors (Lipinski definition) is 1. The highest BCUT2D eigenvalue weighted by molar-refractivity contribution is 5.86. The lowest BCUT2D eigenvalue weighted by molar-refractivity contribution is 0.254. The van der Waals surface area contributed by atoms with E-state index in [9.17, 15) is 0 Å². The largest absolute Gasteiger partial charge is 0.490 e. The fraction of sp³-hybridized carbons (Fsp3) is 0.421. The standard InChI is InChI=1S/C19H23N5O/c1-4-5-17-22-18(15-11-21-24(3)19(15)23-17)20-10-13-6-7-16-14(9-13)8-12(2)25-16/h6-7,9,11-12H,4-5,8,10H2,1-3H3,(H,20,22,23)/t12-/m1/s1. The van der Waals surface area contributed by atoms with Crippen molar-refractivity contribution in [1.82, 2.24) is 19.7 Å². The van der Waals surface area contributed by atoms with Crippen LogP contribution < -0.4 is 10.1 Å². The average molecular weight is 337 g/mol. The molecule has 0 radical (unpaired) electrons. The van der Waals surface area contributed by atoms with Gasteiger partial charge in [0.1, 0.15) is 23.5 Å². The van der Waals surface area contributed by atoms with E-state index in [0.29, 0.717) is 6.54 Å². The molecule has 0 fully saturated rings. The predicted octanol–water partition coefficient (Wildman–Crippen LogP) is 3.25. The van der Waals surface area contributed by atoms with Gasteiger partial charge in [-0.15, -0.1) is 0 Å². The molecule has 1 N–H and O–H groups in total. The van der Waals surface area contributed by atoms with Gasteiger partial charge in [0.25, 0.3) is 0 Å². The SMILES string of the molecule is CCCc1nc(NCc2ccc3c(c2)C[C@@H](C)O3)c2cnn(C)c2n1. The van der Waals surface area contributed by atoms with E-state index in [0.717, 1.165) is 47.7 Å². The summed E-state index contributed by atoms with van der Waals surface area (Å²) in [6.07, 6.45) is 4.96. The Morgan fingerprint density at radius 2 is 2.20 bits per heavy atom. The van der Waals surface area contributed by atoms with Gasteiger partial charge in [0.2, 0.25) is 0 Å². The first-order valence-corrected chi connectivity index (χ1v) is 8.85. The minimum absolute atomic E-state index is 0.270. The summed E-state index contributed by atoms with van der Waals surface area (Å²) in [4.78, 5) is 9.33. The first-order chi connectivity index (χ1) is 12.1. The van der Waals surface area contributed by atoms with Gasteiger partial charge in [-0.05, 0) is 30.5 Å². The first-order valence-electron chi connectivity index (χ1n) is 8.85. The Kier molecular flexibility index (Phi) is 4.03. The highest BCUT2D eigenvalue weighted by Gasteiger charge is 2.19. The maximum Gasteiger partial charge on any atom is 0.163 e. The van der Waals surface area contributed by atoms with Crippen LogP contribution in [0, 0.1) is 0 Å². The zero-order chi connectivity index (χ0) is 17.4. The molecule has 6 nitrogen and oxygen atoms in total. The topological polar surface area (TPSA) is 64.9 Å². The van der Waals surface area contributed by atoms with E-state index < -0.39 is 0 Å². The van der Waals surface area contributed by atoms with Crippen molar-refractivity contribution < 1.29 is 4.74 Å². The summed E-state index contributed by atoms with van der Waals surface area (Å²) < 4.78 is 7.58. The van der Waals surface area contributed by atoms with E-state index in [-0.39, 0.29) is 6.10 Å². The van der Waals surface area contributed by atoms with Crippen molar-refractivity contribution in [3.05, 3.63) is 41.3 Å². The number of hydrogen-bond acceptors (Lipinski definition) is 5. The zero-order valence-electron chi connectivity index (χ0n) is 14.9. The van der Waals surface area contributed by atoms with Crippen molar-refractivity contribution >= 4 is 16.9 Å². The van der Waals surface area contributed by atoms with E-state index in [1.165, 1.54) is 11.1 Å². The molecular formula is C19H23N5O. The maximum atomic E-state index is 5.78. The number of benzene rings is 1. The molecule has 3 heterocycles. The summed E-state index contributed by atoms with van der Waals surface area (Å²) in [6.45, 7) is 4.96. The number of aromatic nitrogens is 4. The fourth-order valence-electron chi connectivity index (χ4n) is 3.31. The number of anilines is 1. The lowest BCUT2D eigenvalue weighted by atomic mass is 10.1. The molecule has 1 aromatic carbocycles. The van der Waals surface area contributed by atoms with Crippen LogP contribution in [0.15, 0.2) is 24.4 Å². The van der Waals surface area contributed by atoms with Gasteiger partial charge in [0.15, 0.2) is 5.65 Å². The van der Waals surface area contributed by atoms with Gasteiger partial charge >= 0.3 is 0 Å². The Hall–Kier alpha value is -2.63. The van der Waals surface area contributed by atoms with E-state index in [1.54, 1.807) is 4.68 Å². The second-order valence-electron chi connectivity index (χ2n) is 6.67. The molecule has 0 aliphatic carbocycles. The molecule has 1 aliphatic heterocycles. The molecule has 0 spiro atoms. The van der Waals surface area contributed by atoms with Crippen molar-refractivity contribution in [2.45, 2.75) is 45.8 Å². The van der Waals surface area contributed by atoms with Gasteiger partial charge in [-0.3, -0.25) is 4.68 Å². The molecule has 1 atom stereocenters. The molecule has 25 heavy (non-hydrogen) atoms. The Bertz CT molecular complexity index is 918. The molecular weight excluding hydrogens is 314 g/mol. The van der Waals surface area contributed by atoms with Crippen LogP contribution in [-0.2, 0) is 26.4 Å². The summed E-state index contributed by atoms with van der Waals surface area (Å²) in [5.74, 6) is 2.72. The van der Waals surface area contributed by atoms with Gasteiger partial charge in [-0.25, -0.2) is 9.97 Å². The van der Waals surface area contributed by atoms with E-state index in [4.69, 9.17) is 9.72 Å². The molecule has 0 unspecified atom stereocenters. The lowest BCUT2D eigenvalue weighted by Crippen LogP contribution is -2.06. The number of fused-ring (bicyclic) bond motifs is 2. The number of rotatable bonds is 5. The maximum absolute atomic E-state index is 5.78. The third-order valence-electron chi connectivity index (χ3n) is 4.53. The molecule has 0 amide bonds. The molecule has 0 saturated carbocycles. The van der Waals surface area contributed by atoms with Crippen LogP contribution in [0.25, 0.3) is 11.0 Å². The Morgan fingerprint density at radius 1 is 1.32 bits per heavy atom. The first kappa shape index (κ1) is 15.9. The highest BCUT2D eigenvalue weighted by Crippen LogP contribution is 2.29. The number of nitrogens with one attached hydrogen (secondary N) is 1. The van der Waals surface area contributed by atoms with Crippen LogP contribution in [0.3, 0.4) is 0 Å². The summed E-state index contributed by atoms with van der Waals surface area (Å²) in [7, 11) is 1.91. The van der Waals surface area contributed by atoms with Gasteiger partial charge in [-0.2, -0.15) is 5.10 Å². The number of ether oxygens (including phenoxy) is 1. The third kappa shape index (κ3) is 3.04. The van der Waals surface area contributed by atoms with Crippen molar-refractivity contribution in [3.8, 4) is 5.75 Å². The number of aryl methyl sites for hydroxylation is 2. The van der Waals surface area contributed by atoms with Crippen LogP contribution >= 0.6 is 0 Å². The normalized spacial score (nSPS) is 16.0. The van der Waals surface area contributed by atoms with E-state index in [2.05, 4.69) is 47.4 Å². The van der Waals surface area contributed by atoms with E-state index in [1.807, 2.05) is 13.2 Å². The molecule has 130 valence electrons.